The Bertz CT molecular complexity index is 627. The van der Waals surface area contributed by atoms with Crippen LogP contribution < -0.4 is 10.5 Å². The molecule has 1 amide bonds. The molecule has 0 radical (unpaired) electrons. The van der Waals surface area contributed by atoms with Gasteiger partial charge in [0.25, 0.3) is 5.91 Å². The Balaban J connectivity index is 2.28. The van der Waals surface area contributed by atoms with E-state index in [9.17, 15) is 13.2 Å². The van der Waals surface area contributed by atoms with Crippen molar-refractivity contribution >= 4 is 21.4 Å². The topological polar surface area (TPSA) is 89.7 Å². The third-order valence-electron chi connectivity index (χ3n) is 3.57. The number of rotatable bonds is 3. The number of methoxy groups -OCH3 is 1. The summed E-state index contributed by atoms with van der Waals surface area (Å²) in [5.74, 6) is 0.200. The first kappa shape index (κ1) is 14.6. The zero-order valence-corrected chi connectivity index (χ0v) is 12.3. The molecule has 2 rings (SSSR count). The van der Waals surface area contributed by atoms with Crippen molar-refractivity contribution in [1.29, 1.82) is 0 Å². The highest BCUT2D eigenvalue weighted by molar-refractivity contribution is 7.91. The highest BCUT2D eigenvalue weighted by Crippen LogP contribution is 2.27. The molecule has 110 valence electrons. The lowest BCUT2D eigenvalue weighted by molar-refractivity contribution is 0.0745. The molecule has 1 aliphatic rings. The summed E-state index contributed by atoms with van der Waals surface area (Å²) >= 11 is 0. The van der Waals surface area contributed by atoms with Crippen LogP contribution in [0.5, 0.6) is 5.75 Å². The molecule has 1 aromatic carbocycles. The molecule has 0 bridgehead atoms. The molecule has 1 saturated heterocycles. The maximum atomic E-state index is 12.5. The predicted octanol–water partition coefficient (Wildman–Crippen LogP) is 0.536. The minimum atomic E-state index is -3.04. The molecule has 0 aliphatic carbocycles. The van der Waals surface area contributed by atoms with Crippen LogP contribution in [-0.2, 0) is 9.84 Å². The van der Waals surface area contributed by atoms with Crippen LogP contribution in [0, 0.1) is 0 Å². The summed E-state index contributed by atoms with van der Waals surface area (Å²) in [5.41, 5.74) is 6.44. The molecule has 1 aliphatic heterocycles. The third kappa shape index (κ3) is 2.72. The maximum absolute atomic E-state index is 12.5. The van der Waals surface area contributed by atoms with Gasteiger partial charge in [0.15, 0.2) is 9.84 Å². The van der Waals surface area contributed by atoms with E-state index >= 15 is 0 Å². The van der Waals surface area contributed by atoms with Crippen molar-refractivity contribution < 1.29 is 17.9 Å². The molecule has 1 heterocycles. The van der Waals surface area contributed by atoms with Crippen LogP contribution in [0.4, 0.5) is 5.69 Å². The van der Waals surface area contributed by atoms with E-state index in [2.05, 4.69) is 0 Å². The van der Waals surface area contributed by atoms with Gasteiger partial charge >= 0.3 is 0 Å². The van der Waals surface area contributed by atoms with Gasteiger partial charge in [-0.2, -0.15) is 0 Å². The summed E-state index contributed by atoms with van der Waals surface area (Å²) in [6, 6.07) is 4.67. The Hall–Kier alpha value is -1.76. The molecule has 1 atom stereocenters. The summed E-state index contributed by atoms with van der Waals surface area (Å²) < 4.78 is 28.2. The summed E-state index contributed by atoms with van der Waals surface area (Å²) in [6.07, 6.45) is 0.458. The van der Waals surface area contributed by atoms with Gasteiger partial charge in [0, 0.05) is 18.8 Å². The van der Waals surface area contributed by atoms with Crippen molar-refractivity contribution in [3.05, 3.63) is 23.8 Å². The molecule has 2 N–H and O–H groups in total. The van der Waals surface area contributed by atoms with Crippen molar-refractivity contribution in [3.63, 3.8) is 0 Å². The van der Waals surface area contributed by atoms with Gasteiger partial charge in [0.05, 0.1) is 18.6 Å². The minimum Gasteiger partial charge on any atom is -0.496 e. The zero-order chi connectivity index (χ0) is 14.9. The van der Waals surface area contributed by atoms with Crippen LogP contribution in [-0.4, -0.2) is 50.9 Å². The molecule has 6 nitrogen and oxygen atoms in total. The number of carbonyl (C=O) groups excluding carboxylic acids is 1. The van der Waals surface area contributed by atoms with Gasteiger partial charge in [-0.1, -0.05) is 6.07 Å². The number of benzene rings is 1. The van der Waals surface area contributed by atoms with E-state index in [1.54, 1.807) is 25.2 Å². The number of amides is 1. The first-order valence-corrected chi connectivity index (χ1v) is 8.08. The van der Waals surface area contributed by atoms with E-state index in [-0.39, 0.29) is 29.0 Å². The number of hydrogen-bond donors (Lipinski definition) is 1. The Morgan fingerprint density at radius 3 is 2.70 bits per heavy atom. The number of hydrogen-bond acceptors (Lipinski definition) is 5. The van der Waals surface area contributed by atoms with E-state index in [4.69, 9.17) is 10.5 Å². The fourth-order valence-corrected chi connectivity index (χ4v) is 4.14. The first-order valence-electron chi connectivity index (χ1n) is 6.26. The normalized spacial score (nSPS) is 20.6. The van der Waals surface area contributed by atoms with Gasteiger partial charge in [-0.25, -0.2) is 8.42 Å². The minimum absolute atomic E-state index is 0.00426. The molecule has 1 unspecified atom stereocenters. The summed E-state index contributed by atoms with van der Waals surface area (Å²) in [6.45, 7) is 0. The van der Waals surface area contributed by atoms with Crippen molar-refractivity contribution in [1.82, 2.24) is 4.90 Å². The molecule has 1 fully saturated rings. The van der Waals surface area contributed by atoms with Gasteiger partial charge in [0.2, 0.25) is 0 Å². The quantitative estimate of drug-likeness (QED) is 0.822. The smallest absolute Gasteiger partial charge is 0.259 e. The van der Waals surface area contributed by atoms with Crippen molar-refractivity contribution in [2.45, 2.75) is 12.5 Å². The average molecular weight is 298 g/mol. The molecule has 0 saturated carbocycles. The van der Waals surface area contributed by atoms with Crippen LogP contribution in [0.2, 0.25) is 0 Å². The van der Waals surface area contributed by atoms with Crippen molar-refractivity contribution in [3.8, 4) is 5.75 Å². The molecule has 0 spiro atoms. The number of sulfone groups is 1. The lowest BCUT2D eigenvalue weighted by Crippen LogP contribution is -2.38. The zero-order valence-electron chi connectivity index (χ0n) is 11.5. The number of nitrogens with zero attached hydrogens (tertiary/aromatic N) is 1. The SMILES string of the molecule is COc1cccc(N)c1C(=O)N(C)C1CCS(=O)(=O)C1. The second-order valence-corrected chi connectivity index (χ2v) is 7.13. The second kappa shape index (κ2) is 5.32. The number of nitrogens with two attached hydrogens (primary N) is 1. The summed E-state index contributed by atoms with van der Waals surface area (Å²) in [7, 11) is 0.0224. The van der Waals surface area contributed by atoms with Crippen LogP contribution in [0.25, 0.3) is 0 Å². The van der Waals surface area contributed by atoms with Crippen LogP contribution in [0.3, 0.4) is 0 Å². The van der Waals surface area contributed by atoms with E-state index < -0.39 is 9.84 Å². The van der Waals surface area contributed by atoms with Crippen molar-refractivity contribution in [2.75, 3.05) is 31.4 Å². The highest BCUT2D eigenvalue weighted by atomic mass is 32.2. The van der Waals surface area contributed by atoms with E-state index in [0.717, 1.165) is 0 Å². The average Bonchev–Trinajstić information content (AvgIpc) is 2.77. The Labute approximate surface area is 118 Å². The lowest BCUT2D eigenvalue weighted by atomic mass is 10.1. The van der Waals surface area contributed by atoms with Crippen LogP contribution in [0.1, 0.15) is 16.8 Å². The van der Waals surface area contributed by atoms with Crippen LogP contribution in [0.15, 0.2) is 18.2 Å². The molecular formula is C13H18N2O4S. The predicted molar refractivity (Wildman–Crippen MR) is 76.6 cm³/mol. The molecule has 1 aromatic rings. The largest absolute Gasteiger partial charge is 0.496 e. The van der Waals surface area contributed by atoms with Gasteiger partial charge in [-0.3, -0.25) is 4.79 Å². The van der Waals surface area contributed by atoms with E-state index in [1.165, 1.54) is 12.0 Å². The number of nitrogen functional groups attached to an aromatic ring is 1. The number of carbonyl (C=O) groups is 1. The summed E-state index contributed by atoms with van der Waals surface area (Å²) in [5, 5.41) is 0. The lowest BCUT2D eigenvalue weighted by Gasteiger charge is -2.24. The molecule has 20 heavy (non-hydrogen) atoms. The fraction of sp³-hybridized carbons (Fsp3) is 0.462. The molecule has 7 heteroatoms. The van der Waals surface area contributed by atoms with Gasteiger partial charge in [-0.15, -0.1) is 0 Å². The van der Waals surface area contributed by atoms with Gasteiger partial charge in [0.1, 0.15) is 11.3 Å². The second-order valence-electron chi connectivity index (χ2n) is 4.90. The summed E-state index contributed by atoms with van der Waals surface area (Å²) in [4.78, 5) is 14.0. The first-order chi connectivity index (χ1) is 9.35. The van der Waals surface area contributed by atoms with E-state index in [1.807, 2.05) is 0 Å². The van der Waals surface area contributed by atoms with Gasteiger partial charge < -0.3 is 15.4 Å². The standard InChI is InChI=1S/C13H18N2O4S/c1-15(9-6-7-20(17,18)8-9)13(16)12-10(14)4-3-5-11(12)19-2/h3-5,9H,6-8,14H2,1-2H3. The van der Waals surface area contributed by atoms with Gasteiger partial charge in [-0.05, 0) is 18.6 Å². The van der Waals surface area contributed by atoms with Crippen LogP contribution >= 0.6 is 0 Å². The third-order valence-corrected chi connectivity index (χ3v) is 5.32. The monoisotopic (exact) mass is 298 g/mol. The van der Waals surface area contributed by atoms with E-state index in [0.29, 0.717) is 17.9 Å². The molecular weight excluding hydrogens is 280 g/mol. The highest BCUT2D eigenvalue weighted by Gasteiger charge is 2.34. The fourth-order valence-electron chi connectivity index (χ4n) is 2.37. The number of anilines is 1. The van der Waals surface area contributed by atoms with Crippen molar-refractivity contribution in [2.24, 2.45) is 0 Å². The Kier molecular flexibility index (Phi) is 3.89. The number of ether oxygens (including phenoxy) is 1. The molecule has 0 aromatic heterocycles. The Morgan fingerprint density at radius 1 is 1.45 bits per heavy atom. The Morgan fingerprint density at radius 2 is 2.15 bits per heavy atom. The maximum Gasteiger partial charge on any atom is 0.259 e.